The molecule has 1 rings (SSSR count). The van der Waals surface area contributed by atoms with Crippen LogP contribution in [0.3, 0.4) is 0 Å². The fraction of sp³-hybridized carbons (Fsp3) is 0.200. The highest BCUT2D eigenvalue weighted by atomic mass is 35.5. The molecule has 3 nitrogen and oxygen atoms in total. The normalized spacial score (nSPS) is 10.8. The van der Waals surface area contributed by atoms with E-state index in [1.54, 1.807) is 6.07 Å². The maximum atomic E-state index is 12.1. The zero-order chi connectivity index (χ0) is 13.8. The molecule has 0 aromatic heterocycles. The zero-order valence-electron chi connectivity index (χ0n) is 8.71. The SMILES string of the molecule is N#CCC(=O)Nc1ccc(SC(F)(F)F)c(Cl)c1. The van der Waals surface area contributed by atoms with Crippen LogP contribution in [-0.4, -0.2) is 11.4 Å². The van der Waals surface area contributed by atoms with Crippen molar-refractivity contribution in [2.24, 2.45) is 0 Å². The van der Waals surface area contributed by atoms with Crippen molar-refractivity contribution in [2.45, 2.75) is 16.8 Å². The van der Waals surface area contributed by atoms with E-state index in [9.17, 15) is 18.0 Å². The fourth-order valence-corrected chi connectivity index (χ4v) is 1.90. The minimum absolute atomic E-state index is 0.118. The van der Waals surface area contributed by atoms with E-state index in [0.717, 1.165) is 6.07 Å². The Bertz CT molecular complexity index is 499. The lowest BCUT2D eigenvalue weighted by molar-refractivity contribution is -0.115. The number of carbonyl (C=O) groups excluding carboxylic acids is 1. The second-order valence-electron chi connectivity index (χ2n) is 3.08. The lowest BCUT2D eigenvalue weighted by atomic mass is 10.3. The van der Waals surface area contributed by atoms with Crippen LogP contribution in [0, 0.1) is 11.3 Å². The lowest BCUT2D eigenvalue weighted by Crippen LogP contribution is -2.10. The van der Waals surface area contributed by atoms with Crippen molar-refractivity contribution in [3.63, 3.8) is 0 Å². The van der Waals surface area contributed by atoms with Gasteiger partial charge in [0.15, 0.2) is 0 Å². The van der Waals surface area contributed by atoms with Crippen molar-refractivity contribution in [3.8, 4) is 6.07 Å². The van der Waals surface area contributed by atoms with Gasteiger partial charge in [0.05, 0.1) is 11.1 Å². The van der Waals surface area contributed by atoms with E-state index in [4.69, 9.17) is 16.9 Å². The molecule has 0 bridgehead atoms. The minimum atomic E-state index is -4.42. The summed E-state index contributed by atoms with van der Waals surface area (Å²) in [5, 5.41) is 10.5. The third kappa shape index (κ3) is 4.85. The maximum Gasteiger partial charge on any atom is 0.446 e. The van der Waals surface area contributed by atoms with Gasteiger partial charge in [0, 0.05) is 10.6 Å². The summed E-state index contributed by atoms with van der Waals surface area (Å²) in [4.78, 5) is 10.9. The second-order valence-corrected chi connectivity index (χ2v) is 4.59. The molecule has 0 heterocycles. The highest BCUT2D eigenvalue weighted by Gasteiger charge is 2.30. The summed E-state index contributed by atoms with van der Waals surface area (Å²) in [7, 11) is 0. The summed E-state index contributed by atoms with van der Waals surface area (Å²) in [6.07, 6.45) is -0.337. The van der Waals surface area contributed by atoms with Gasteiger partial charge in [-0.15, -0.1) is 0 Å². The molecule has 0 saturated heterocycles. The van der Waals surface area contributed by atoms with Gasteiger partial charge >= 0.3 is 5.51 Å². The van der Waals surface area contributed by atoms with Crippen LogP contribution in [0.25, 0.3) is 0 Å². The topological polar surface area (TPSA) is 52.9 Å². The number of thioether (sulfide) groups is 1. The standard InChI is InChI=1S/C10H6ClF3N2OS/c11-7-5-6(16-9(17)3-4-15)1-2-8(7)18-10(12,13)14/h1-2,5H,3H2,(H,16,17). The molecule has 0 saturated carbocycles. The fourth-order valence-electron chi connectivity index (χ4n) is 1.06. The number of halogens is 4. The van der Waals surface area contributed by atoms with Crippen molar-refractivity contribution < 1.29 is 18.0 Å². The van der Waals surface area contributed by atoms with Crippen LogP contribution in [0.15, 0.2) is 23.1 Å². The molecule has 1 aromatic carbocycles. The Morgan fingerprint density at radius 3 is 2.67 bits per heavy atom. The van der Waals surface area contributed by atoms with Gasteiger partial charge in [0.25, 0.3) is 0 Å². The summed E-state index contributed by atoms with van der Waals surface area (Å²) >= 11 is 5.33. The number of alkyl halides is 3. The first-order chi connectivity index (χ1) is 8.31. The number of rotatable bonds is 3. The average Bonchev–Trinajstić information content (AvgIpc) is 2.21. The van der Waals surface area contributed by atoms with Crippen molar-refractivity contribution >= 4 is 35.0 Å². The summed E-state index contributed by atoms with van der Waals surface area (Å²) in [6.45, 7) is 0. The van der Waals surface area contributed by atoms with Crippen molar-refractivity contribution in [1.29, 1.82) is 5.26 Å². The summed E-state index contributed by atoms with van der Waals surface area (Å²) in [5.74, 6) is -0.551. The van der Waals surface area contributed by atoms with Gasteiger partial charge in [-0.1, -0.05) is 11.6 Å². The second kappa shape index (κ2) is 5.98. The first-order valence-corrected chi connectivity index (χ1v) is 5.73. The Morgan fingerprint density at radius 1 is 1.50 bits per heavy atom. The Labute approximate surface area is 110 Å². The molecule has 18 heavy (non-hydrogen) atoms. The molecule has 0 aliphatic rings. The number of carbonyl (C=O) groups is 1. The predicted molar refractivity (Wildman–Crippen MR) is 62.2 cm³/mol. The number of nitrogens with one attached hydrogen (secondary N) is 1. The number of anilines is 1. The number of benzene rings is 1. The summed E-state index contributed by atoms with van der Waals surface area (Å²) in [5.41, 5.74) is -4.18. The van der Waals surface area contributed by atoms with E-state index < -0.39 is 11.4 Å². The smallest absolute Gasteiger partial charge is 0.325 e. The average molecular weight is 295 g/mol. The molecule has 0 radical (unpaired) electrons. The quantitative estimate of drug-likeness (QED) is 0.863. The molecule has 0 unspecified atom stereocenters. The van der Waals surface area contributed by atoms with Gasteiger partial charge in [-0.2, -0.15) is 18.4 Å². The molecule has 0 aliphatic carbocycles. The van der Waals surface area contributed by atoms with Crippen LogP contribution in [0.5, 0.6) is 0 Å². The van der Waals surface area contributed by atoms with E-state index in [2.05, 4.69) is 5.32 Å². The Kier molecular flexibility index (Phi) is 4.87. The third-order valence-electron chi connectivity index (χ3n) is 1.68. The molecule has 1 aromatic rings. The van der Waals surface area contributed by atoms with Gasteiger partial charge in [-0.05, 0) is 30.0 Å². The van der Waals surface area contributed by atoms with Gasteiger partial charge in [0.1, 0.15) is 6.42 Å². The number of hydrogen-bond acceptors (Lipinski definition) is 3. The molecule has 96 valence electrons. The molecule has 0 aliphatic heterocycles. The largest absolute Gasteiger partial charge is 0.446 e. The molecule has 0 fully saturated rings. The Balaban J connectivity index is 2.80. The molecule has 1 amide bonds. The highest BCUT2D eigenvalue weighted by molar-refractivity contribution is 8.00. The summed E-state index contributed by atoms with van der Waals surface area (Å²) < 4.78 is 36.4. The van der Waals surface area contributed by atoms with Crippen LogP contribution in [0.1, 0.15) is 6.42 Å². The van der Waals surface area contributed by atoms with Gasteiger partial charge < -0.3 is 5.32 Å². The van der Waals surface area contributed by atoms with Crippen molar-refractivity contribution in [1.82, 2.24) is 0 Å². The van der Waals surface area contributed by atoms with Gasteiger partial charge in [-0.3, -0.25) is 4.79 Å². The monoisotopic (exact) mass is 294 g/mol. The highest BCUT2D eigenvalue weighted by Crippen LogP contribution is 2.40. The van der Waals surface area contributed by atoms with Gasteiger partial charge in [0.2, 0.25) is 5.91 Å². The molecule has 1 N–H and O–H groups in total. The first-order valence-electron chi connectivity index (χ1n) is 4.54. The molecule has 8 heteroatoms. The minimum Gasteiger partial charge on any atom is -0.325 e. The van der Waals surface area contributed by atoms with Crippen LogP contribution in [-0.2, 0) is 4.79 Å². The Morgan fingerprint density at radius 2 is 2.17 bits per heavy atom. The summed E-state index contributed by atoms with van der Waals surface area (Å²) in [6, 6.07) is 5.29. The van der Waals surface area contributed by atoms with Crippen LogP contribution < -0.4 is 5.32 Å². The van der Waals surface area contributed by atoms with Gasteiger partial charge in [-0.25, -0.2) is 0 Å². The number of hydrogen-bond donors (Lipinski definition) is 1. The molecule has 0 spiro atoms. The first kappa shape index (κ1) is 14.7. The lowest BCUT2D eigenvalue weighted by Gasteiger charge is -2.09. The predicted octanol–water partition coefficient (Wildman–Crippen LogP) is 3.80. The van der Waals surface area contributed by atoms with Crippen LogP contribution in [0.4, 0.5) is 18.9 Å². The van der Waals surface area contributed by atoms with E-state index in [-0.39, 0.29) is 33.8 Å². The number of amides is 1. The third-order valence-corrected chi connectivity index (χ3v) is 2.91. The maximum absolute atomic E-state index is 12.1. The van der Waals surface area contributed by atoms with Crippen LogP contribution in [0.2, 0.25) is 5.02 Å². The molecular formula is C10H6ClF3N2OS. The van der Waals surface area contributed by atoms with Crippen molar-refractivity contribution in [2.75, 3.05) is 5.32 Å². The molecule has 0 atom stereocenters. The van der Waals surface area contributed by atoms with E-state index in [1.807, 2.05) is 0 Å². The van der Waals surface area contributed by atoms with E-state index in [0.29, 0.717) is 0 Å². The zero-order valence-corrected chi connectivity index (χ0v) is 10.3. The number of nitriles is 1. The van der Waals surface area contributed by atoms with Crippen LogP contribution >= 0.6 is 23.4 Å². The van der Waals surface area contributed by atoms with E-state index in [1.165, 1.54) is 12.1 Å². The van der Waals surface area contributed by atoms with E-state index >= 15 is 0 Å². The van der Waals surface area contributed by atoms with Crippen molar-refractivity contribution in [3.05, 3.63) is 23.2 Å². The molecular weight excluding hydrogens is 289 g/mol. The Hall–Kier alpha value is -1.39. The number of nitrogens with zero attached hydrogens (tertiary/aromatic N) is 1.